The smallest absolute Gasteiger partial charge is 0.227 e. The van der Waals surface area contributed by atoms with Crippen molar-refractivity contribution in [3.63, 3.8) is 0 Å². The molecule has 4 rings (SSSR count). The Morgan fingerprint density at radius 2 is 1.85 bits per heavy atom. The molecule has 6 N–H and O–H groups in total. The molecule has 0 radical (unpaired) electrons. The van der Waals surface area contributed by atoms with Gasteiger partial charge in [0.1, 0.15) is 0 Å². The van der Waals surface area contributed by atoms with Crippen LogP contribution >= 0.6 is 0 Å². The second kappa shape index (κ2) is 13.1. The molecule has 0 unspecified atom stereocenters. The lowest BCUT2D eigenvalue weighted by molar-refractivity contribution is -0.136. The molecule has 0 aromatic heterocycles. The van der Waals surface area contributed by atoms with E-state index in [0.717, 1.165) is 43.3 Å². The molecule has 208 valence electrons. The van der Waals surface area contributed by atoms with E-state index in [9.17, 15) is 4.79 Å². The SMILES string of the molecule is Cc1ccc(C[C@@H](N)CN2C[C@@H](C)N(C(=O)Cc3ccc4ccccc4c3)C[C@@H]2CCCNC(=N)N)c(C)c1. The maximum atomic E-state index is 13.5. The van der Waals surface area contributed by atoms with Gasteiger partial charge in [-0.3, -0.25) is 15.1 Å². The molecule has 7 heteroatoms. The first-order chi connectivity index (χ1) is 18.7. The van der Waals surface area contributed by atoms with Crippen LogP contribution in [0.25, 0.3) is 10.8 Å². The minimum atomic E-state index is -0.00759. The van der Waals surface area contributed by atoms with Crippen LogP contribution in [0.3, 0.4) is 0 Å². The molecule has 7 nitrogen and oxygen atoms in total. The number of hydrogen-bond donors (Lipinski definition) is 4. The highest BCUT2D eigenvalue weighted by atomic mass is 16.2. The van der Waals surface area contributed by atoms with Crippen molar-refractivity contribution in [3.05, 3.63) is 82.9 Å². The molecule has 0 spiro atoms. The van der Waals surface area contributed by atoms with Crippen molar-refractivity contribution in [2.75, 3.05) is 26.2 Å². The van der Waals surface area contributed by atoms with Crippen molar-refractivity contribution < 1.29 is 4.79 Å². The van der Waals surface area contributed by atoms with Gasteiger partial charge in [0.25, 0.3) is 0 Å². The summed E-state index contributed by atoms with van der Waals surface area (Å²) >= 11 is 0. The predicted molar refractivity (Wildman–Crippen MR) is 161 cm³/mol. The molecule has 0 aliphatic carbocycles. The maximum absolute atomic E-state index is 13.5. The second-order valence-electron chi connectivity index (χ2n) is 11.2. The van der Waals surface area contributed by atoms with E-state index < -0.39 is 0 Å². The van der Waals surface area contributed by atoms with Gasteiger partial charge in [-0.05, 0) is 67.5 Å². The molecule has 3 atom stereocenters. The number of hydrogen-bond acceptors (Lipinski definition) is 4. The monoisotopic (exact) mass is 528 g/mol. The van der Waals surface area contributed by atoms with E-state index in [4.69, 9.17) is 16.9 Å². The molecule has 3 aromatic carbocycles. The largest absolute Gasteiger partial charge is 0.370 e. The Bertz CT molecular complexity index is 1290. The Labute approximate surface area is 233 Å². The van der Waals surface area contributed by atoms with E-state index in [1.807, 2.05) is 12.1 Å². The minimum Gasteiger partial charge on any atom is -0.370 e. The first-order valence-electron chi connectivity index (χ1n) is 14.1. The highest BCUT2D eigenvalue weighted by Gasteiger charge is 2.34. The number of benzene rings is 3. The zero-order chi connectivity index (χ0) is 27.9. The van der Waals surface area contributed by atoms with Gasteiger partial charge < -0.3 is 21.7 Å². The normalized spacial score (nSPS) is 18.7. The lowest BCUT2D eigenvalue weighted by Crippen LogP contribution is -2.61. The molecule has 1 fully saturated rings. The van der Waals surface area contributed by atoms with Crippen molar-refractivity contribution in [1.29, 1.82) is 5.41 Å². The van der Waals surface area contributed by atoms with Crippen LogP contribution in [-0.4, -0.2) is 66.0 Å². The van der Waals surface area contributed by atoms with Crippen LogP contribution in [0.1, 0.15) is 42.0 Å². The number of carbonyl (C=O) groups is 1. The van der Waals surface area contributed by atoms with Crippen molar-refractivity contribution in [2.24, 2.45) is 11.5 Å². The quantitative estimate of drug-likeness (QED) is 0.182. The van der Waals surface area contributed by atoms with Crippen molar-refractivity contribution in [1.82, 2.24) is 15.1 Å². The van der Waals surface area contributed by atoms with Crippen LogP contribution in [0.4, 0.5) is 0 Å². The Balaban J connectivity index is 1.43. The van der Waals surface area contributed by atoms with Crippen LogP contribution in [0.5, 0.6) is 0 Å². The summed E-state index contributed by atoms with van der Waals surface area (Å²) < 4.78 is 0. The first-order valence-corrected chi connectivity index (χ1v) is 14.1. The topological polar surface area (TPSA) is 111 Å². The summed E-state index contributed by atoms with van der Waals surface area (Å²) in [6.07, 6.45) is 3.01. The molecule has 1 aliphatic heterocycles. The van der Waals surface area contributed by atoms with Crippen LogP contribution in [0.2, 0.25) is 0 Å². The predicted octanol–water partition coefficient (Wildman–Crippen LogP) is 3.73. The van der Waals surface area contributed by atoms with Crippen LogP contribution < -0.4 is 16.8 Å². The van der Waals surface area contributed by atoms with Gasteiger partial charge in [0.15, 0.2) is 5.96 Å². The third-order valence-electron chi connectivity index (χ3n) is 7.92. The molecule has 39 heavy (non-hydrogen) atoms. The van der Waals surface area contributed by atoms with E-state index in [-0.39, 0.29) is 30.0 Å². The molecule has 0 saturated carbocycles. The lowest BCUT2D eigenvalue weighted by atomic mass is 9.97. The molecule has 3 aromatic rings. The van der Waals surface area contributed by atoms with Gasteiger partial charge in [0.2, 0.25) is 5.91 Å². The standard InChI is InChI=1S/C32H44N6O/c1-22-10-12-27(23(2)15-22)18-29(33)20-37-19-24(3)38(21-30(37)9-6-14-36-32(34)35)31(39)17-25-11-13-26-7-4-5-8-28(26)16-25/h4-5,7-8,10-13,15-16,24,29-30H,6,9,14,17-21,33H2,1-3H3,(H4,34,35,36)/t24-,29-,30+/m1/s1. The van der Waals surface area contributed by atoms with Gasteiger partial charge in [0, 0.05) is 44.3 Å². The Hall–Kier alpha value is -3.42. The van der Waals surface area contributed by atoms with Crippen LogP contribution in [-0.2, 0) is 17.6 Å². The number of fused-ring (bicyclic) bond motifs is 1. The number of carbonyl (C=O) groups excluding carboxylic acids is 1. The molecule has 0 bridgehead atoms. The summed E-state index contributed by atoms with van der Waals surface area (Å²) in [7, 11) is 0. The summed E-state index contributed by atoms with van der Waals surface area (Å²) in [5.74, 6) is 0.163. The average molecular weight is 529 g/mol. The number of rotatable bonds is 10. The van der Waals surface area contributed by atoms with Gasteiger partial charge in [-0.1, -0.05) is 66.2 Å². The van der Waals surface area contributed by atoms with Gasteiger partial charge >= 0.3 is 0 Å². The molecular weight excluding hydrogens is 484 g/mol. The summed E-state index contributed by atoms with van der Waals surface area (Å²) in [5.41, 5.74) is 17.1. The number of aryl methyl sites for hydroxylation is 2. The zero-order valence-corrected chi connectivity index (χ0v) is 23.6. The van der Waals surface area contributed by atoms with Gasteiger partial charge in [-0.2, -0.15) is 0 Å². The fourth-order valence-electron chi connectivity index (χ4n) is 5.86. The molecular formula is C32H44N6O. The van der Waals surface area contributed by atoms with Crippen LogP contribution in [0.15, 0.2) is 60.7 Å². The molecule has 1 saturated heterocycles. The van der Waals surface area contributed by atoms with E-state index in [1.165, 1.54) is 22.1 Å². The first kappa shape index (κ1) is 28.6. The minimum absolute atomic E-state index is 0.00759. The number of nitrogens with zero attached hydrogens (tertiary/aromatic N) is 2. The Morgan fingerprint density at radius 1 is 1.08 bits per heavy atom. The number of amides is 1. The van der Waals surface area contributed by atoms with Crippen molar-refractivity contribution >= 4 is 22.6 Å². The highest BCUT2D eigenvalue weighted by Crippen LogP contribution is 2.23. The highest BCUT2D eigenvalue weighted by molar-refractivity contribution is 5.85. The molecule has 1 amide bonds. The number of guanidine groups is 1. The zero-order valence-electron chi connectivity index (χ0n) is 23.6. The third-order valence-corrected chi connectivity index (χ3v) is 7.92. The number of nitrogens with one attached hydrogen (secondary N) is 2. The van der Waals surface area contributed by atoms with Crippen LogP contribution in [0, 0.1) is 19.3 Å². The van der Waals surface area contributed by atoms with Crippen molar-refractivity contribution in [2.45, 2.75) is 64.6 Å². The fraction of sp³-hybridized carbons (Fsp3) is 0.438. The van der Waals surface area contributed by atoms with Gasteiger partial charge in [-0.25, -0.2) is 0 Å². The Kier molecular flexibility index (Phi) is 9.59. The van der Waals surface area contributed by atoms with Gasteiger partial charge in [-0.15, -0.1) is 0 Å². The summed E-state index contributed by atoms with van der Waals surface area (Å²) in [6.45, 7) is 9.34. The summed E-state index contributed by atoms with van der Waals surface area (Å²) in [6, 6.07) is 21.5. The van der Waals surface area contributed by atoms with Crippen molar-refractivity contribution in [3.8, 4) is 0 Å². The summed E-state index contributed by atoms with van der Waals surface area (Å²) in [4.78, 5) is 18.1. The third kappa shape index (κ3) is 7.80. The number of nitrogens with two attached hydrogens (primary N) is 2. The summed E-state index contributed by atoms with van der Waals surface area (Å²) in [5, 5.41) is 12.7. The fourth-order valence-corrected chi connectivity index (χ4v) is 5.86. The molecule has 1 aliphatic rings. The maximum Gasteiger partial charge on any atom is 0.227 e. The molecule has 1 heterocycles. The van der Waals surface area contributed by atoms with Gasteiger partial charge in [0.05, 0.1) is 6.42 Å². The lowest BCUT2D eigenvalue weighted by Gasteiger charge is -2.46. The second-order valence-corrected chi connectivity index (χ2v) is 11.2. The van der Waals surface area contributed by atoms with E-state index in [1.54, 1.807) is 0 Å². The van der Waals surface area contributed by atoms with E-state index in [0.29, 0.717) is 19.5 Å². The number of piperazine rings is 1. The Morgan fingerprint density at radius 3 is 2.59 bits per heavy atom. The van der Waals surface area contributed by atoms with E-state index >= 15 is 0 Å². The average Bonchev–Trinajstić information content (AvgIpc) is 2.89. The van der Waals surface area contributed by atoms with E-state index in [2.05, 4.69) is 84.4 Å².